The van der Waals surface area contributed by atoms with Gasteiger partial charge in [-0.05, 0) is 53.4 Å². The molecule has 6 heteroatoms. The summed E-state index contributed by atoms with van der Waals surface area (Å²) in [5.41, 5.74) is -0.140. The lowest BCUT2D eigenvalue weighted by Gasteiger charge is -2.09. The van der Waals surface area contributed by atoms with Crippen molar-refractivity contribution >= 4 is 11.7 Å². The fraction of sp³-hybridized carbons (Fsp3) is 0.130. The highest BCUT2D eigenvalue weighted by atomic mass is 19.2. The van der Waals surface area contributed by atoms with Gasteiger partial charge in [-0.25, -0.2) is 26.3 Å². The fourth-order valence-electron chi connectivity index (χ4n) is 2.97. The van der Waals surface area contributed by atoms with E-state index in [-0.39, 0.29) is 5.56 Å². The Morgan fingerprint density at radius 1 is 0.655 bits per heavy atom. The average Bonchev–Trinajstić information content (AvgIpc) is 2.69. The molecule has 0 saturated heterocycles. The van der Waals surface area contributed by atoms with Crippen molar-refractivity contribution in [3.05, 3.63) is 94.6 Å². The van der Waals surface area contributed by atoms with E-state index < -0.39 is 46.0 Å². The highest BCUT2D eigenvalue weighted by molar-refractivity contribution is 5.84. The van der Waals surface area contributed by atoms with Crippen molar-refractivity contribution < 1.29 is 26.3 Å². The Bertz CT molecular complexity index is 1040. The van der Waals surface area contributed by atoms with Gasteiger partial charge in [0.25, 0.3) is 0 Å². The lowest BCUT2D eigenvalue weighted by atomic mass is 9.99. The summed E-state index contributed by atoms with van der Waals surface area (Å²) in [6.45, 7) is 2.03. The quantitative estimate of drug-likeness (QED) is 0.302. The maximum atomic E-state index is 14.5. The predicted molar refractivity (Wildman–Crippen MR) is 101 cm³/mol. The third kappa shape index (κ3) is 4.36. The molecule has 0 heterocycles. The molecule has 3 aromatic carbocycles. The van der Waals surface area contributed by atoms with Crippen molar-refractivity contribution in [3.63, 3.8) is 0 Å². The molecule has 0 aliphatic rings. The van der Waals surface area contributed by atoms with Crippen LogP contribution in [-0.4, -0.2) is 0 Å². The SMILES string of the molecule is CCCc1ccc(-c2cc(F)c(C(F)=C(F)c3ccc(F)c(F)c3)c(F)c2)cc1. The van der Waals surface area contributed by atoms with Gasteiger partial charge in [0.1, 0.15) is 11.6 Å². The summed E-state index contributed by atoms with van der Waals surface area (Å²) in [5.74, 6) is -8.82. The van der Waals surface area contributed by atoms with E-state index in [1.165, 1.54) is 0 Å². The molecule has 0 fully saturated rings. The molecule has 0 aliphatic heterocycles. The summed E-state index contributed by atoms with van der Waals surface area (Å²) < 4.78 is 83.9. The first kappa shape index (κ1) is 20.7. The maximum Gasteiger partial charge on any atom is 0.172 e. The normalized spacial score (nSPS) is 12.1. The van der Waals surface area contributed by atoms with Gasteiger partial charge in [-0.15, -0.1) is 0 Å². The number of rotatable bonds is 5. The summed E-state index contributed by atoms with van der Waals surface area (Å²) in [4.78, 5) is 0. The van der Waals surface area contributed by atoms with Crippen molar-refractivity contribution in [1.29, 1.82) is 0 Å². The van der Waals surface area contributed by atoms with Gasteiger partial charge in [-0.2, -0.15) is 0 Å². The Kier molecular flexibility index (Phi) is 6.11. The highest BCUT2D eigenvalue weighted by Gasteiger charge is 2.22. The van der Waals surface area contributed by atoms with Crippen molar-refractivity contribution in [2.75, 3.05) is 0 Å². The Hall–Kier alpha value is -3.02. The minimum Gasteiger partial charge on any atom is -0.206 e. The lowest BCUT2D eigenvalue weighted by molar-refractivity contribution is 0.507. The summed E-state index contributed by atoms with van der Waals surface area (Å²) in [6, 6.07) is 10.6. The number of aryl methyl sites for hydroxylation is 1. The van der Waals surface area contributed by atoms with E-state index in [1.54, 1.807) is 12.1 Å². The van der Waals surface area contributed by atoms with Gasteiger partial charge >= 0.3 is 0 Å². The van der Waals surface area contributed by atoms with Crippen LogP contribution >= 0.6 is 0 Å². The van der Waals surface area contributed by atoms with Crippen molar-refractivity contribution in [2.24, 2.45) is 0 Å². The van der Waals surface area contributed by atoms with Crippen LogP contribution in [-0.2, 0) is 6.42 Å². The van der Waals surface area contributed by atoms with E-state index in [0.717, 1.165) is 36.6 Å². The molecule has 3 rings (SSSR count). The van der Waals surface area contributed by atoms with Crippen LogP contribution in [0.25, 0.3) is 22.8 Å². The molecule has 29 heavy (non-hydrogen) atoms. The topological polar surface area (TPSA) is 0 Å². The molecule has 150 valence electrons. The predicted octanol–water partition coefficient (Wildman–Crippen LogP) is 7.63. The van der Waals surface area contributed by atoms with Gasteiger partial charge < -0.3 is 0 Å². The molecule has 0 aromatic heterocycles. The first-order chi connectivity index (χ1) is 13.8. The first-order valence-electron chi connectivity index (χ1n) is 8.91. The molecule has 0 spiro atoms. The molecule has 0 amide bonds. The molecule has 3 aromatic rings. The lowest BCUT2D eigenvalue weighted by Crippen LogP contribution is -1.96. The van der Waals surface area contributed by atoms with E-state index in [2.05, 4.69) is 0 Å². The van der Waals surface area contributed by atoms with Crippen molar-refractivity contribution in [2.45, 2.75) is 19.8 Å². The average molecular weight is 406 g/mol. The molecule has 0 aliphatic carbocycles. The van der Waals surface area contributed by atoms with Gasteiger partial charge in [0.05, 0.1) is 5.56 Å². The van der Waals surface area contributed by atoms with Crippen LogP contribution in [0, 0.1) is 23.3 Å². The standard InChI is InChI=1S/C23H16F6/c1-2-3-13-4-6-14(7-5-13)16-11-19(26)21(20(27)12-16)23(29)22(28)15-8-9-17(24)18(25)10-15/h4-12H,2-3H2,1H3. The number of hydrogen-bond acceptors (Lipinski definition) is 0. The first-order valence-corrected chi connectivity index (χ1v) is 8.91. The van der Waals surface area contributed by atoms with Crippen LogP contribution in [0.5, 0.6) is 0 Å². The van der Waals surface area contributed by atoms with Crippen LogP contribution in [0.15, 0.2) is 54.6 Å². The summed E-state index contributed by atoms with van der Waals surface area (Å²) in [7, 11) is 0. The minimum absolute atomic E-state index is 0.160. The summed E-state index contributed by atoms with van der Waals surface area (Å²) >= 11 is 0. The van der Waals surface area contributed by atoms with Crippen LogP contribution in [0.1, 0.15) is 30.0 Å². The minimum atomic E-state index is -1.84. The maximum absolute atomic E-state index is 14.5. The van der Waals surface area contributed by atoms with Gasteiger partial charge in [0.15, 0.2) is 23.3 Å². The molecule has 0 radical (unpaired) electrons. The molecule has 0 N–H and O–H groups in total. The Morgan fingerprint density at radius 3 is 1.83 bits per heavy atom. The Morgan fingerprint density at radius 2 is 1.28 bits per heavy atom. The highest BCUT2D eigenvalue weighted by Crippen LogP contribution is 2.34. The smallest absolute Gasteiger partial charge is 0.172 e. The van der Waals surface area contributed by atoms with E-state index in [0.29, 0.717) is 17.7 Å². The molecule has 0 nitrogen and oxygen atoms in total. The number of benzene rings is 3. The van der Waals surface area contributed by atoms with Gasteiger partial charge in [-0.3, -0.25) is 0 Å². The van der Waals surface area contributed by atoms with Gasteiger partial charge in [0.2, 0.25) is 0 Å². The van der Waals surface area contributed by atoms with E-state index >= 15 is 0 Å². The van der Waals surface area contributed by atoms with Gasteiger partial charge in [0, 0.05) is 5.56 Å². The monoisotopic (exact) mass is 406 g/mol. The van der Waals surface area contributed by atoms with Crippen molar-refractivity contribution in [1.82, 2.24) is 0 Å². The second-order valence-corrected chi connectivity index (χ2v) is 6.52. The van der Waals surface area contributed by atoms with Crippen molar-refractivity contribution in [3.8, 4) is 11.1 Å². The van der Waals surface area contributed by atoms with Crippen LogP contribution in [0.2, 0.25) is 0 Å². The zero-order valence-electron chi connectivity index (χ0n) is 15.4. The summed E-state index contributed by atoms with van der Waals surface area (Å²) in [5, 5.41) is 0. The largest absolute Gasteiger partial charge is 0.206 e. The Balaban J connectivity index is 2.01. The van der Waals surface area contributed by atoms with Crippen LogP contribution < -0.4 is 0 Å². The summed E-state index contributed by atoms with van der Waals surface area (Å²) in [6.07, 6.45) is 1.81. The third-order valence-electron chi connectivity index (χ3n) is 4.45. The third-order valence-corrected chi connectivity index (χ3v) is 4.45. The molecular weight excluding hydrogens is 390 g/mol. The molecule has 0 bridgehead atoms. The molecule has 0 saturated carbocycles. The molecule has 0 unspecified atom stereocenters. The second kappa shape index (κ2) is 8.55. The van der Waals surface area contributed by atoms with Gasteiger partial charge in [-0.1, -0.05) is 37.6 Å². The second-order valence-electron chi connectivity index (χ2n) is 6.52. The van der Waals surface area contributed by atoms with E-state index in [9.17, 15) is 26.3 Å². The number of halogens is 6. The Labute approximate surface area is 164 Å². The van der Waals surface area contributed by atoms with Crippen LogP contribution in [0.3, 0.4) is 0 Å². The van der Waals surface area contributed by atoms with E-state index in [1.807, 2.05) is 19.1 Å². The zero-order valence-corrected chi connectivity index (χ0v) is 15.4. The number of hydrogen-bond donors (Lipinski definition) is 0. The van der Waals surface area contributed by atoms with Crippen LogP contribution in [0.4, 0.5) is 26.3 Å². The fourth-order valence-corrected chi connectivity index (χ4v) is 2.97. The molecule has 0 atom stereocenters. The van der Waals surface area contributed by atoms with E-state index in [4.69, 9.17) is 0 Å². The zero-order chi connectivity index (χ0) is 21.1. The molecular formula is C23H16F6.